The first-order chi connectivity index (χ1) is 14.9. The van der Waals surface area contributed by atoms with Gasteiger partial charge in [-0.05, 0) is 43.3 Å². The van der Waals surface area contributed by atoms with E-state index >= 15 is 0 Å². The van der Waals surface area contributed by atoms with Crippen LogP contribution in [0.4, 0.5) is 5.69 Å². The standard InChI is InChI=1S/C22H26N4O4S/c1-4-26(5-2)31(28,29)18-13-11-17(12-14-18)25-15-20(23-16-25)22(27)24-19-9-7-8-10-21(19)30-6-3/h7-16H,4-6H2,1-3H3,(H,24,27). The minimum atomic E-state index is -3.52. The largest absolute Gasteiger partial charge is 0.492 e. The Morgan fingerprint density at radius 1 is 1.06 bits per heavy atom. The van der Waals surface area contributed by atoms with Gasteiger partial charge in [0.1, 0.15) is 17.8 Å². The van der Waals surface area contributed by atoms with Crippen molar-refractivity contribution in [3.63, 3.8) is 0 Å². The molecule has 0 saturated carbocycles. The van der Waals surface area contributed by atoms with E-state index in [1.165, 1.54) is 10.6 Å². The summed E-state index contributed by atoms with van der Waals surface area (Å²) in [6, 6.07) is 13.7. The van der Waals surface area contributed by atoms with E-state index in [1.807, 2.05) is 19.1 Å². The Morgan fingerprint density at radius 3 is 2.39 bits per heavy atom. The summed E-state index contributed by atoms with van der Waals surface area (Å²) in [7, 11) is -3.52. The molecule has 31 heavy (non-hydrogen) atoms. The first-order valence-electron chi connectivity index (χ1n) is 10.1. The van der Waals surface area contributed by atoms with Crippen LogP contribution in [0.25, 0.3) is 5.69 Å². The summed E-state index contributed by atoms with van der Waals surface area (Å²) in [6.07, 6.45) is 3.10. The van der Waals surface area contributed by atoms with E-state index in [2.05, 4.69) is 10.3 Å². The molecule has 0 bridgehead atoms. The molecule has 1 N–H and O–H groups in total. The molecule has 164 valence electrons. The highest BCUT2D eigenvalue weighted by Gasteiger charge is 2.21. The van der Waals surface area contributed by atoms with Gasteiger partial charge in [-0.1, -0.05) is 26.0 Å². The van der Waals surface area contributed by atoms with Gasteiger partial charge >= 0.3 is 0 Å². The van der Waals surface area contributed by atoms with E-state index in [0.29, 0.717) is 36.8 Å². The maximum atomic E-state index is 12.6. The summed E-state index contributed by atoms with van der Waals surface area (Å²) < 4.78 is 33.8. The molecule has 1 aromatic heterocycles. The maximum absolute atomic E-state index is 12.6. The number of amides is 1. The molecule has 0 fully saturated rings. The lowest BCUT2D eigenvalue weighted by Crippen LogP contribution is -2.30. The molecular formula is C22H26N4O4S. The van der Waals surface area contributed by atoms with Crippen LogP contribution in [0.1, 0.15) is 31.3 Å². The zero-order valence-electron chi connectivity index (χ0n) is 17.8. The zero-order chi connectivity index (χ0) is 22.4. The summed E-state index contributed by atoms with van der Waals surface area (Å²) in [4.78, 5) is 17.0. The molecule has 0 aliphatic carbocycles. The Kier molecular flexibility index (Phi) is 7.09. The van der Waals surface area contributed by atoms with E-state index in [-0.39, 0.29) is 16.5 Å². The van der Waals surface area contributed by atoms with E-state index in [0.717, 1.165) is 0 Å². The summed E-state index contributed by atoms with van der Waals surface area (Å²) in [6.45, 7) is 6.79. The molecule has 0 atom stereocenters. The monoisotopic (exact) mass is 442 g/mol. The molecule has 8 nitrogen and oxygen atoms in total. The third-order valence-corrected chi connectivity index (χ3v) is 6.79. The van der Waals surface area contributed by atoms with Crippen LogP contribution in [0.3, 0.4) is 0 Å². The zero-order valence-corrected chi connectivity index (χ0v) is 18.6. The molecule has 0 radical (unpaired) electrons. The summed E-state index contributed by atoms with van der Waals surface area (Å²) >= 11 is 0. The number of anilines is 1. The Hall–Kier alpha value is -3.17. The molecule has 0 aliphatic rings. The van der Waals surface area contributed by atoms with E-state index in [9.17, 15) is 13.2 Å². The van der Waals surface area contributed by atoms with Crippen LogP contribution in [0.2, 0.25) is 0 Å². The maximum Gasteiger partial charge on any atom is 0.275 e. The second kappa shape index (κ2) is 9.76. The molecule has 2 aromatic carbocycles. The van der Waals surface area contributed by atoms with Crippen molar-refractivity contribution in [1.29, 1.82) is 0 Å². The Labute approximate surface area is 182 Å². The van der Waals surface area contributed by atoms with E-state index < -0.39 is 10.0 Å². The van der Waals surface area contributed by atoms with Crippen molar-refractivity contribution in [2.24, 2.45) is 0 Å². The van der Waals surface area contributed by atoms with Gasteiger partial charge in [0.15, 0.2) is 0 Å². The third-order valence-electron chi connectivity index (χ3n) is 4.73. The van der Waals surface area contributed by atoms with Gasteiger partial charge < -0.3 is 14.6 Å². The van der Waals surface area contributed by atoms with Gasteiger partial charge in [0.25, 0.3) is 5.91 Å². The Balaban J connectivity index is 1.77. The predicted molar refractivity (Wildman–Crippen MR) is 119 cm³/mol. The Bertz CT molecular complexity index is 1140. The molecule has 0 saturated heterocycles. The molecular weight excluding hydrogens is 416 g/mol. The highest BCUT2D eigenvalue weighted by atomic mass is 32.2. The molecule has 0 spiro atoms. The smallest absolute Gasteiger partial charge is 0.275 e. The SMILES string of the molecule is CCOc1ccccc1NC(=O)c1cn(-c2ccc(S(=O)(=O)N(CC)CC)cc2)cn1. The van der Waals surface area contributed by atoms with Gasteiger partial charge in [-0.25, -0.2) is 13.4 Å². The molecule has 1 heterocycles. The molecule has 0 unspecified atom stereocenters. The average Bonchev–Trinajstić information content (AvgIpc) is 3.26. The van der Waals surface area contributed by atoms with Crippen LogP contribution < -0.4 is 10.1 Å². The second-order valence-electron chi connectivity index (χ2n) is 6.63. The van der Waals surface area contributed by atoms with Gasteiger partial charge in [-0.3, -0.25) is 4.79 Å². The first-order valence-corrected chi connectivity index (χ1v) is 11.5. The third kappa shape index (κ3) is 4.95. The number of sulfonamides is 1. The average molecular weight is 443 g/mol. The number of carbonyl (C=O) groups is 1. The summed E-state index contributed by atoms with van der Waals surface area (Å²) in [5.41, 5.74) is 1.49. The van der Waals surface area contributed by atoms with Crippen molar-refractivity contribution < 1.29 is 17.9 Å². The quantitative estimate of drug-likeness (QED) is 0.547. The predicted octanol–water partition coefficient (Wildman–Crippen LogP) is 3.55. The number of carbonyl (C=O) groups excluding carboxylic acids is 1. The molecule has 3 rings (SSSR count). The lowest BCUT2D eigenvalue weighted by molar-refractivity contribution is 0.102. The summed E-state index contributed by atoms with van der Waals surface area (Å²) in [5.74, 6) is 0.217. The number of para-hydroxylation sites is 2. The van der Waals surface area contributed by atoms with Gasteiger partial charge in [0, 0.05) is 25.0 Å². The van der Waals surface area contributed by atoms with Crippen LogP contribution in [-0.2, 0) is 10.0 Å². The Morgan fingerprint density at radius 2 is 1.74 bits per heavy atom. The topological polar surface area (TPSA) is 93.5 Å². The van der Waals surface area contributed by atoms with Crippen molar-refractivity contribution >= 4 is 21.6 Å². The van der Waals surface area contributed by atoms with Crippen LogP contribution in [-0.4, -0.2) is 47.9 Å². The van der Waals surface area contributed by atoms with Crippen molar-refractivity contribution in [2.75, 3.05) is 25.0 Å². The number of imidazole rings is 1. The van der Waals surface area contributed by atoms with Crippen molar-refractivity contribution in [1.82, 2.24) is 13.9 Å². The fourth-order valence-electron chi connectivity index (χ4n) is 3.12. The second-order valence-corrected chi connectivity index (χ2v) is 8.57. The molecule has 3 aromatic rings. The number of nitrogens with zero attached hydrogens (tertiary/aromatic N) is 3. The fourth-order valence-corrected chi connectivity index (χ4v) is 4.58. The summed E-state index contributed by atoms with van der Waals surface area (Å²) in [5, 5.41) is 2.81. The van der Waals surface area contributed by atoms with Gasteiger partial charge in [-0.15, -0.1) is 0 Å². The number of rotatable bonds is 9. The fraction of sp³-hybridized carbons (Fsp3) is 0.273. The molecule has 1 amide bonds. The number of aromatic nitrogens is 2. The number of hydrogen-bond acceptors (Lipinski definition) is 5. The first kappa shape index (κ1) is 22.5. The van der Waals surface area contributed by atoms with Crippen LogP contribution in [0.5, 0.6) is 5.75 Å². The number of benzene rings is 2. The molecule has 9 heteroatoms. The minimum Gasteiger partial charge on any atom is -0.492 e. The minimum absolute atomic E-state index is 0.227. The normalized spacial score (nSPS) is 11.5. The highest BCUT2D eigenvalue weighted by Crippen LogP contribution is 2.24. The number of hydrogen-bond donors (Lipinski definition) is 1. The lowest BCUT2D eigenvalue weighted by atomic mass is 10.3. The van der Waals surface area contributed by atoms with Gasteiger partial charge in [0.05, 0.1) is 17.2 Å². The van der Waals surface area contributed by atoms with Gasteiger partial charge in [0.2, 0.25) is 10.0 Å². The van der Waals surface area contributed by atoms with Crippen molar-refractivity contribution in [3.05, 3.63) is 66.7 Å². The highest BCUT2D eigenvalue weighted by molar-refractivity contribution is 7.89. The molecule has 0 aliphatic heterocycles. The van der Waals surface area contributed by atoms with Crippen LogP contribution in [0, 0.1) is 0 Å². The van der Waals surface area contributed by atoms with Crippen LogP contribution >= 0.6 is 0 Å². The van der Waals surface area contributed by atoms with Gasteiger partial charge in [-0.2, -0.15) is 4.31 Å². The van der Waals surface area contributed by atoms with Crippen molar-refractivity contribution in [3.8, 4) is 11.4 Å². The number of ether oxygens (including phenoxy) is 1. The van der Waals surface area contributed by atoms with Crippen LogP contribution in [0.15, 0.2) is 66.0 Å². The van der Waals surface area contributed by atoms with Crippen molar-refractivity contribution in [2.45, 2.75) is 25.7 Å². The number of nitrogens with one attached hydrogen (secondary N) is 1. The lowest BCUT2D eigenvalue weighted by Gasteiger charge is -2.18. The van der Waals surface area contributed by atoms with E-state index in [4.69, 9.17) is 4.74 Å². The van der Waals surface area contributed by atoms with E-state index in [1.54, 1.807) is 61.0 Å².